The lowest BCUT2D eigenvalue weighted by Gasteiger charge is -2.14. The summed E-state index contributed by atoms with van der Waals surface area (Å²) >= 11 is 0. The number of rotatable bonds is 3. The first-order valence-corrected chi connectivity index (χ1v) is 5.54. The number of carbonyl (C=O) groups excluding carboxylic acids is 1. The van der Waals surface area contributed by atoms with Gasteiger partial charge in [-0.1, -0.05) is 39.0 Å². The highest BCUT2D eigenvalue weighted by Gasteiger charge is 2.18. The van der Waals surface area contributed by atoms with E-state index in [9.17, 15) is 4.79 Å². The lowest BCUT2D eigenvalue weighted by molar-refractivity contribution is -0.123. The van der Waals surface area contributed by atoms with Crippen LogP contribution in [-0.2, 0) is 4.79 Å². The zero-order chi connectivity index (χ0) is 11.6. The van der Waals surface area contributed by atoms with E-state index in [1.54, 1.807) is 0 Å². The van der Waals surface area contributed by atoms with Gasteiger partial charge in [-0.25, -0.2) is 0 Å². The molecule has 0 aliphatic carbocycles. The fourth-order valence-corrected chi connectivity index (χ4v) is 1.70. The zero-order valence-electron chi connectivity index (χ0n) is 10.3. The van der Waals surface area contributed by atoms with Crippen LogP contribution >= 0.6 is 0 Å². The Kier molecular flexibility index (Phi) is 3.67. The first kappa shape index (κ1) is 12.0. The van der Waals surface area contributed by atoms with Gasteiger partial charge in [0, 0.05) is 11.8 Å². The predicted octanol–water partition coefficient (Wildman–Crippen LogP) is 3.63. The van der Waals surface area contributed by atoms with Crippen LogP contribution in [-0.4, -0.2) is 5.78 Å². The van der Waals surface area contributed by atoms with E-state index in [0.29, 0.717) is 5.78 Å². The second-order valence-corrected chi connectivity index (χ2v) is 4.62. The molecule has 0 heterocycles. The van der Waals surface area contributed by atoms with Gasteiger partial charge in [0.15, 0.2) is 0 Å². The highest BCUT2D eigenvalue weighted by Crippen LogP contribution is 2.22. The van der Waals surface area contributed by atoms with E-state index in [4.69, 9.17) is 0 Å². The van der Waals surface area contributed by atoms with Crippen molar-refractivity contribution in [3.63, 3.8) is 0 Å². The minimum absolute atomic E-state index is 0.0179. The lowest BCUT2D eigenvalue weighted by Crippen LogP contribution is -2.15. The molecule has 0 aliphatic heterocycles. The molecule has 15 heavy (non-hydrogen) atoms. The molecular weight excluding hydrogens is 184 g/mol. The summed E-state index contributed by atoms with van der Waals surface area (Å²) in [6.07, 6.45) is 0. The molecule has 82 valence electrons. The van der Waals surface area contributed by atoms with Gasteiger partial charge < -0.3 is 0 Å². The molecule has 1 heteroatoms. The average molecular weight is 204 g/mol. The predicted molar refractivity (Wildman–Crippen MR) is 64.2 cm³/mol. The molecule has 0 saturated carbocycles. The quantitative estimate of drug-likeness (QED) is 0.734. The molecule has 0 amide bonds. The number of hydrogen-bond donors (Lipinski definition) is 0. The molecule has 0 aliphatic rings. The molecule has 0 N–H and O–H groups in total. The molecule has 1 aromatic rings. The Hall–Kier alpha value is -1.11. The highest BCUT2D eigenvalue weighted by molar-refractivity contribution is 5.86. The Morgan fingerprint density at radius 2 is 1.67 bits per heavy atom. The van der Waals surface area contributed by atoms with Gasteiger partial charge in [0.1, 0.15) is 5.78 Å². The van der Waals surface area contributed by atoms with Crippen molar-refractivity contribution < 1.29 is 4.79 Å². The molecule has 0 spiro atoms. The number of carbonyl (C=O) groups is 1. The van der Waals surface area contributed by atoms with E-state index in [-0.39, 0.29) is 11.8 Å². The van der Waals surface area contributed by atoms with Crippen molar-refractivity contribution in [3.05, 3.63) is 34.9 Å². The second kappa shape index (κ2) is 4.61. The third-order valence-corrected chi connectivity index (χ3v) is 3.03. The summed E-state index contributed by atoms with van der Waals surface area (Å²) < 4.78 is 0. The van der Waals surface area contributed by atoms with E-state index in [0.717, 1.165) is 5.56 Å². The minimum Gasteiger partial charge on any atom is -0.299 e. The average Bonchev–Trinajstić information content (AvgIpc) is 2.19. The van der Waals surface area contributed by atoms with Gasteiger partial charge in [0.2, 0.25) is 0 Å². The van der Waals surface area contributed by atoms with Crippen LogP contribution in [0.5, 0.6) is 0 Å². The Morgan fingerprint density at radius 3 is 2.13 bits per heavy atom. The maximum atomic E-state index is 11.8. The topological polar surface area (TPSA) is 17.1 Å². The largest absolute Gasteiger partial charge is 0.299 e. The van der Waals surface area contributed by atoms with Crippen molar-refractivity contribution in [3.8, 4) is 0 Å². The standard InChI is InChI=1S/C14H20O/c1-9(2)14(15)12(5)13-7-6-10(3)11(4)8-13/h6-9,12H,1-5H3. The highest BCUT2D eigenvalue weighted by atomic mass is 16.1. The van der Waals surface area contributed by atoms with Crippen LogP contribution in [0.3, 0.4) is 0 Å². The smallest absolute Gasteiger partial charge is 0.142 e. The van der Waals surface area contributed by atoms with Crippen LogP contribution in [0.1, 0.15) is 43.4 Å². The molecule has 1 aromatic carbocycles. The Labute approximate surface area is 92.5 Å². The van der Waals surface area contributed by atoms with Crippen molar-refractivity contribution in [2.24, 2.45) is 5.92 Å². The van der Waals surface area contributed by atoms with Gasteiger partial charge in [-0.15, -0.1) is 0 Å². The van der Waals surface area contributed by atoms with Gasteiger partial charge in [-0.05, 0) is 30.5 Å². The molecule has 0 saturated heterocycles. The maximum Gasteiger partial charge on any atom is 0.142 e. The number of hydrogen-bond acceptors (Lipinski definition) is 1. The normalized spacial score (nSPS) is 12.9. The summed E-state index contributed by atoms with van der Waals surface area (Å²) in [5.74, 6) is 0.448. The molecule has 0 aromatic heterocycles. The fraction of sp³-hybridized carbons (Fsp3) is 0.500. The van der Waals surface area contributed by atoms with Crippen molar-refractivity contribution >= 4 is 5.78 Å². The van der Waals surface area contributed by atoms with Gasteiger partial charge in [0.25, 0.3) is 0 Å². The third kappa shape index (κ3) is 2.68. The molecule has 1 rings (SSSR count). The van der Waals surface area contributed by atoms with Crippen LogP contribution in [0, 0.1) is 19.8 Å². The monoisotopic (exact) mass is 204 g/mol. The first-order chi connectivity index (χ1) is 6.93. The molecule has 1 nitrogen and oxygen atoms in total. The van der Waals surface area contributed by atoms with Gasteiger partial charge in [-0.3, -0.25) is 4.79 Å². The Bertz CT molecular complexity index is 364. The molecule has 1 atom stereocenters. The lowest BCUT2D eigenvalue weighted by atomic mass is 9.89. The molecule has 0 radical (unpaired) electrons. The van der Waals surface area contributed by atoms with Gasteiger partial charge in [-0.2, -0.15) is 0 Å². The third-order valence-electron chi connectivity index (χ3n) is 3.03. The van der Waals surface area contributed by atoms with Gasteiger partial charge >= 0.3 is 0 Å². The van der Waals surface area contributed by atoms with E-state index in [1.807, 2.05) is 20.8 Å². The van der Waals surface area contributed by atoms with Gasteiger partial charge in [0.05, 0.1) is 0 Å². The number of Topliss-reactive ketones (excluding diaryl/α,β-unsaturated/α-hetero) is 1. The number of aryl methyl sites for hydroxylation is 2. The molecule has 0 bridgehead atoms. The Morgan fingerprint density at radius 1 is 1.07 bits per heavy atom. The Balaban J connectivity index is 2.97. The number of ketones is 1. The summed E-state index contributed by atoms with van der Waals surface area (Å²) in [6, 6.07) is 6.28. The maximum absolute atomic E-state index is 11.8. The minimum atomic E-state index is 0.0179. The van der Waals surface area contributed by atoms with Crippen LogP contribution in [0.4, 0.5) is 0 Å². The first-order valence-electron chi connectivity index (χ1n) is 5.54. The van der Waals surface area contributed by atoms with Crippen LogP contribution in [0.15, 0.2) is 18.2 Å². The van der Waals surface area contributed by atoms with Crippen molar-refractivity contribution in [2.75, 3.05) is 0 Å². The van der Waals surface area contributed by atoms with Crippen LogP contribution in [0.25, 0.3) is 0 Å². The SMILES string of the molecule is Cc1ccc(C(C)C(=O)C(C)C)cc1C. The van der Waals surface area contributed by atoms with Crippen molar-refractivity contribution in [1.82, 2.24) is 0 Å². The zero-order valence-corrected chi connectivity index (χ0v) is 10.3. The second-order valence-electron chi connectivity index (χ2n) is 4.62. The van der Waals surface area contributed by atoms with Crippen molar-refractivity contribution in [1.29, 1.82) is 0 Å². The van der Waals surface area contributed by atoms with Crippen molar-refractivity contribution in [2.45, 2.75) is 40.5 Å². The van der Waals surface area contributed by atoms with E-state index >= 15 is 0 Å². The molecular formula is C14H20O. The summed E-state index contributed by atoms with van der Waals surface area (Å²) in [7, 11) is 0. The van der Waals surface area contributed by atoms with E-state index < -0.39 is 0 Å². The summed E-state index contributed by atoms with van der Waals surface area (Å²) in [5, 5.41) is 0. The van der Waals surface area contributed by atoms with Crippen LogP contribution < -0.4 is 0 Å². The molecule has 0 fully saturated rings. The summed E-state index contributed by atoms with van der Waals surface area (Å²) in [4.78, 5) is 11.8. The fourth-order valence-electron chi connectivity index (χ4n) is 1.70. The molecule has 1 unspecified atom stereocenters. The summed E-state index contributed by atoms with van der Waals surface area (Å²) in [5.41, 5.74) is 3.68. The summed E-state index contributed by atoms with van der Waals surface area (Å²) in [6.45, 7) is 10.1. The van der Waals surface area contributed by atoms with Crippen LogP contribution in [0.2, 0.25) is 0 Å². The number of benzene rings is 1. The van der Waals surface area contributed by atoms with E-state index in [1.165, 1.54) is 11.1 Å². The van der Waals surface area contributed by atoms with E-state index in [2.05, 4.69) is 32.0 Å².